The number of nitrogens with one attached hydrogen (secondary N) is 2. The van der Waals surface area contributed by atoms with Gasteiger partial charge < -0.3 is 15.4 Å². The van der Waals surface area contributed by atoms with Crippen molar-refractivity contribution in [1.29, 1.82) is 0 Å². The number of hydrogen-bond acceptors (Lipinski definition) is 2. The standard InChI is InChI=1S/C17H27N3O/c1-16(2,3)20-15(18-5)19-14-11-17(14,4)12-9-7-8-10-13(12)21-6/h7-10,14H,11H2,1-6H3,(H2,18,19,20). The van der Waals surface area contributed by atoms with Gasteiger partial charge in [0.2, 0.25) is 0 Å². The Morgan fingerprint density at radius 3 is 2.57 bits per heavy atom. The second-order valence-corrected chi connectivity index (χ2v) is 6.97. The Kier molecular flexibility index (Phi) is 4.17. The average Bonchev–Trinajstić information content (AvgIpc) is 3.08. The Bertz CT molecular complexity index is 533. The van der Waals surface area contributed by atoms with Gasteiger partial charge in [-0.25, -0.2) is 0 Å². The first-order valence-corrected chi connectivity index (χ1v) is 7.45. The summed E-state index contributed by atoms with van der Waals surface area (Å²) < 4.78 is 5.50. The Morgan fingerprint density at radius 1 is 1.33 bits per heavy atom. The van der Waals surface area contributed by atoms with E-state index in [0.717, 1.165) is 18.1 Å². The molecule has 0 bridgehead atoms. The molecule has 0 spiro atoms. The van der Waals surface area contributed by atoms with Crippen LogP contribution in [0.15, 0.2) is 29.3 Å². The van der Waals surface area contributed by atoms with E-state index >= 15 is 0 Å². The predicted octanol–water partition coefficient (Wildman–Crippen LogP) is 2.69. The molecular weight excluding hydrogens is 262 g/mol. The molecule has 0 heterocycles. The lowest BCUT2D eigenvalue weighted by molar-refractivity contribution is 0.404. The molecule has 1 aliphatic carbocycles. The minimum absolute atomic E-state index is 0.00241. The molecule has 0 aliphatic heterocycles. The molecule has 2 unspecified atom stereocenters. The van der Waals surface area contributed by atoms with E-state index in [1.807, 2.05) is 19.2 Å². The molecule has 0 aromatic heterocycles. The number of benzene rings is 1. The van der Waals surface area contributed by atoms with E-state index < -0.39 is 0 Å². The second-order valence-electron chi connectivity index (χ2n) is 6.97. The Hall–Kier alpha value is -1.71. The van der Waals surface area contributed by atoms with Crippen LogP contribution in [-0.4, -0.2) is 31.7 Å². The molecule has 0 saturated heterocycles. The fourth-order valence-corrected chi connectivity index (χ4v) is 2.67. The van der Waals surface area contributed by atoms with Crippen molar-refractivity contribution >= 4 is 5.96 Å². The molecule has 1 saturated carbocycles. The van der Waals surface area contributed by atoms with E-state index in [1.165, 1.54) is 5.56 Å². The monoisotopic (exact) mass is 289 g/mol. The van der Waals surface area contributed by atoms with Gasteiger partial charge in [0.15, 0.2) is 5.96 Å². The lowest BCUT2D eigenvalue weighted by Crippen LogP contribution is -2.49. The number of nitrogens with zero attached hydrogens (tertiary/aromatic N) is 1. The van der Waals surface area contributed by atoms with Gasteiger partial charge in [0.1, 0.15) is 5.75 Å². The van der Waals surface area contributed by atoms with Gasteiger partial charge in [-0.3, -0.25) is 4.99 Å². The lowest BCUT2D eigenvalue weighted by atomic mass is 9.96. The minimum atomic E-state index is -0.00241. The lowest BCUT2D eigenvalue weighted by Gasteiger charge is -2.25. The summed E-state index contributed by atoms with van der Waals surface area (Å²) in [4.78, 5) is 4.32. The number of para-hydroxylation sites is 1. The van der Waals surface area contributed by atoms with Crippen LogP contribution in [0.3, 0.4) is 0 Å². The van der Waals surface area contributed by atoms with Crippen LogP contribution >= 0.6 is 0 Å². The van der Waals surface area contributed by atoms with Crippen LogP contribution in [0.4, 0.5) is 0 Å². The van der Waals surface area contributed by atoms with Crippen molar-refractivity contribution < 1.29 is 4.74 Å². The fourth-order valence-electron chi connectivity index (χ4n) is 2.67. The summed E-state index contributed by atoms with van der Waals surface area (Å²) >= 11 is 0. The zero-order valence-corrected chi connectivity index (χ0v) is 13.9. The van der Waals surface area contributed by atoms with E-state index in [2.05, 4.69) is 55.5 Å². The Labute approximate surface area is 128 Å². The highest BCUT2D eigenvalue weighted by Crippen LogP contribution is 2.50. The van der Waals surface area contributed by atoms with Crippen molar-refractivity contribution in [3.63, 3.8) is 0 Å². The molecule has 2 rings (SSSR count). The van der Waals surface area contributed by atoms with E-state index in [9.17, 15) is 0 Å². The highest BCUT2D eigenvalue weighted by Gasteiger charge is 2.53. The topological polar surface area (TPSA) is 45.7 Å². The van der Waals surface area contributed by atoms with Crippen LogP contribution in [0.2, 0.25) is 0 Å². The Morgan fingerprint density at radius 2 is 2.00 bits per heavy atom. The third-order valence-corrected chi connectivity index (χ3v) is 3.99. The van der Waals surface area contributed by atoms with Crippen LogP contribution in [0.1, 0.15) is 39.7 Å². The number of aliphatic imine (C=N–C) groups is 1. The summed E-state index contributed by atoms with van der Waals surface area (Å²) in [6.45, 7) is 8.66. The first-order valence-electron chi connectivity index (χ1n) is 7.45. The van der Waals surface area contributed by atoms with E-state index in [4.69, 9.17) is 4.74 Å². The van der Waals surface area contributed by atoms with Gasteiger partial charge in [-0.1, -0.05) is 25.1 Å². The number of methoxy groups -OCH3 is 1. The highest BCUT2D eigenvalue weighted by atomic mass is 16.5. The molecule has 4 heteroatoms. The normalized spacial score (nSPS) is 25.4. The van der Waals surface area contributed by atoms with Gasteiger partial charge in [0, 0.05) is 29.6 Å². The summed E-state index contributed by atoms with van der Waals surface area (Å²) in [7, 11) is 3.54. The second kappa shape index (κ2) is 5.58. The van der Waals surface area contributed by atoms with E-state index in [0.29, 0.717) is 6.04 Å². The minimum Gasteiger partial charge on any atom is -0.496 e. The summed E-state index contributed by atoms with van der Waals surface area (Å²) in [6, 6.07) is 8.64. The molecule has 1 aliphatic rings. The van der Waals surface area contributed by atoms with Crippen molar-refractivity contribution in [1.82, 2.24) is 10.6 Å². The maximum Gasteiger partial charge on any atom is 0.191 e. The fraction of sp³-hybridized carbons (Fsp3) is 0.588. The largest absolute Gasteiger partial charge is 0.496 e. The average molecular weight is 289 g/mol. The molecule has 0 radical (unpaired) electrons. The highest BCUT2D eigenvalue weighted by molar-refractivity contribution is 5.81. The summed E-state index contributed by atoms with van der Waals surface area (Å²) in [5.74, 6) is 1.81. The third kappa shape index (κ3) is 3.49. The molecule has 2 N–H and O–H groups in total. The maximum absolute atomic E-state index is 5.50. The number of hydrogen-bond donors (Lipinski definition) is 2. The molecule has 1 aromatic rings. The van der Waals surface area contributed by atoms with Crippen molar-refractivity contribution in [2.24, 2.45) is 4.99 Å². The number of ether oxygens (including phenoxy) is 1. The molecule has 1 fully saturated rings. The van der Waals surface area contributed by atoms with E-state index in [-0.39, 0.29) is 11.0 Å². The smallest absolute Gasteiger partial charge is 0.191 e. The van der Waals surface area contributed by atoms with Gasteiger partial charge in [-0.05, 0) is 33.3 Å². The first-order chi connectivity index (χ1) is 9.80. The van der Waals surface area contributed by atoms with Crippen molar-refractivity contribution in [2.75, 3.05) is 14.2 Å². The predicted molar refractivity (Wildman–Crippen MR) is 88.1 cm³/mol. The van der Waals surface area contributed by atoms with Gasteiger partial charge in [-0.15, -0.1) is 0 Å². The van der Waals surface area contributed by atoms with Crippen molar-refractivity contribution in [3.05, 3.63) is 29.8 Å². The van der Waals surface area contributed by atoms with Crippen LogP contribution in [0, 0.1) is 0 Å². The molecule has 4 nitrogen and oxygen atoms in total. The number of rotatable bonds is 3. The molecular formula is C17H27N3O. The quantitative estimate of drug-likeness (QED) is 0.664. The molecule has 21 heavy (non-hydrogen) atoms. The van der Waals surface area contributed by atoms with Crippen molar-refractivity contribution in [3.8, 4) is 5.75 Å². The van der Waals surface area contributed by atoms with Crippen molar-refractivity contribution in [2.45, 2.75) is 51.1 Å². The molecule has 0 amide bonds. The third-order valence-electron chi connectivity index (χ3n) is 3.99. The van der Waals surface area contributed by atoms with E-state index in [1.54, 1.807) is 7.11 Å². The zero-order valence-electron chi connectivity index (χ0n) is 13.9. The molecule has 2 atom stereocenters. The van der Waals surface area contributed by atoms with Gasteiger partial charge in [-0.2, -0.15) is 0 Å². The van der Waals surface area contributed by atoms with Crippen LogP contribution in [0.25, 0.3) is 0 Å². The van der Waals surface area contributed by atoms with Gasteiger partial charge in [0.05, 0.1) is 7.11 Å². The SMILES string of the molecule is CN=C(NC1CC1(C)c1ccccc1OC)NC(C)(C)C. The summed E-state index contributed by atoms with van der Waals surface area (Å²) in [5.41, 5.74) is 1.36. The summed E-state index contributed by atoms with van der Waals surface area (Å²) in [5, 5.41) is 6.92. The summed E-state index contributed by atoms with van der Waals surface area (Å²) in [6.07, 6.45) is 1.08. The zero-order chi connectivity index (χ0) is 15.7. The molecule has 1 aromatic carbocycles. The van der Waals surface area contributed by atoms with Crippen LogP contribution < -0.4 is 15.4 Å². The van der Waals surface area contributed by atoms with Crippen LogP contribution in [0.5, 0.6) is 5.75 Å². The first kappa shape index (κ1) is 15.7. The van der Waals surface area contributed by atoms with Crippen LogP contribution in [-0.2, 0) is 5.41 Å². The molecule has 116 valence electrons. The Balaban J connectivity index is 2.09. The maximum atomic E-state index is 5.50. The van der Waals surface area contributed by atoms with Gasteiger partial charge in [0.25, 0.3) is 0 Å². The van der Waals surface area contributed by atoms with Gasteiger partial charge >= 0.3 is 0 Å². The number of guanidine groups is 1.